The summed E-state index contributed by atoms with van der Waals surface area (Å²) in [7, 11) is 1.47. The quantitative estimate of drug-likeness (QED) is 0.163. The summed E-state index contributed by atoms with van der Waals surface area (Å²) < 4.78 is 17.4. The first-order valence-corrected chi connectivity index (χ1v) is 14.4. The fraction of sp³-hybridized carbons (Fsp3) is 0.375. The molecule has 1 aromatic heterocycles. The zero-order chi connectivity index (χ0) is 27.5. The normalized spacial score (nSPS) is 13.2. The van der Waals surface area contributed by atoms with Gasteiger partial charge in [0.25, 0.3) is 0 Å². The van der Waals surface area contributed by atoms with Gasteiger partial charge in [0.1, 0.15) is 11.5 Å². The van der Waals surface area contributed by atoms with Crippen LogP contribution in [0.5, 0.6) is 5.75 Å². The Balaban J connectivity index is 1.86. The molecule has 5 nitrogen and oxygen atoms in total. The molecule has 38 heavy (non-hydrogen) atoms. The van der Waals surface area contributed by atoms with Crippen LogP contribution in [0, 0.1) is 19.8 Å². The van der Waals surface area contributed by atoms with E-state index >= 15 is 0 Å². The zero-order valence-electron chi connectivity index (χ0n) is 23.3. The van der Waals surface area contributed by atoms with Gasteiger partial charge in [0.05, 0.1) is 25.3 Å². The number of allylic oxidation sites excluding steroid dienone is 2. The molecule has 6 heteroatoms. The number of aryl methyl sites for hydroxylation is 2. The molecule has 0 spiro atoms. The number of nitrogens with zero attached hydrogens (tertiary/aromatic N) is 1. The van der Waals surface area contributed by atoms with Crippen molar-refractivity contribution in [1.29, 1.82) is 0 Å². The third-order valence-corrected chi connectivity index (χ3v) is 7.21. The molecule has 0 N–H and O–H groups in total. The fourth-order valence-electron chi connectivity index (χ4n) is 4.76. The summed E-state index contributed by atoms with van der Waals surface area (Å²) in [4.78, 5) is 17.2. The van der Waals surface area contributed by atoms with Crippen LogP contribution in [0.25, 0.3) is 17.5 Å². The predicted octanol–water partition coefficient (Wildman–Crippen LogP) is 8.16. The molecule has 0 saturated carbocycles. The summed E-state index contributed by atoms with van der Waals surface area (Å²) in [6, 6.07) is 14.2. The Kier molecular flexibility index (Phi) is 11.3. The predicted molar refractivity (Wildman–Crippen MR) is 158 cm³/mol. The SMILES string of the molecule is CCC(C(=O)OC)C(CC)c1cc(/C=C/C=C\SC)c(OCCc2nc(-c3ccccc3)oc2C)cc1C. The lowest BCUT2D eigenvalue weighted by Gasteiger charge is -2.26. The van der Waals surface area contributed by atoms with Gasteiger partial charge in [0.2, 0.25) is 5.89 Å². The number of aromatic nitrogens is 1. The number of benzene rings is 2. The lowest BCUT2D eigenvalue weighted by Crippen LogP contribution is -2.23. The first-order chi connectivity index (χ1) is 18.4. The van der Waals surface area contributed by atoms with Crippen molar-refractivity contribution in [3.05, 3.63) is 88.2 Å². The van der Waals surface area contributed by atoms with Crippen LogP contribution < -0.4 is 4.74 Å². The third-order valence-electron chi connectivity index (χ3n) is 6.78. The van der Waals surface area contributed by atoms with Crippen LogP contribution >= 0.6 is 11.8 Å². The topological polar surface area (TPSA) is 61.6 Å². The maximum atomic E-state index is 12.5. The molecule has 0 fully saturated rings. The van der Waals surface area contributed by atoms with E-state index in [1.807, 2.05) is 68.0 Å². The van der Waals surface area contributed by atoms with Gasteiger partial charge in [0, 0.05) is 17.5 Å². The molecule has 2 aromatic carbocycles. The second-order valence-electron chi connectivity index (χ2n) is 9.21. The Morgan fingerprint density at radius 3 is 2.53 bits per heavy atom. The lowest BCUT2D eigenvalue weighted by atomic mass is 9.80. The number of hydrogen-bond acceptors (Lipinski definition) is 6. The molecule has 0 radical (unpaired) electrons. The Bertz CT molecular complexity index is 1250. The van der Waals surface area contributed by atoms with E-state index in [-0.39, 0.29) is 17.8 Å². The van der Waals surface area contributed by atoms with E-state index in [0.29, 0.717) is 18.9 Å². The zero-order valence-corrected chi connectivity index (χ0v) is 24.1. The third kappa shape index (κ3) is 7.41. The Hall–Kier alpha value is -3.25. The number of hydrogen-bond donors (Lipinski definition) is 0. The van der Waals surface area contributed by atoms with E-state index in [2.05, 4.69) is 32.1 Å². The van der Waals surface area contributed by atoms with Crippen molar-refractivity contribution in [3.63, 3.8) is 0 Å². The van der Waals surface area contributed by atoms with Gasteiger partial charge < -0.3 is 13.9 Å². The number of rotatable bonds is 13. The van der Waals surface area contributed by atoms with Gasteiger partial charge in [-0.25, -0.2) is 4.98 Å². The molecule has 0 amide bonds. The molecule has 0 aliphatic rings. The van der Waals surface area contributed by atoms with E-state index in [1.54, 1.807) is 11.8 Å². The number of methoxy groups -OCH3 is 1. The number of ether oxygens (including phenoxy) is 2. The van der Waals surface area contributed by atoms with Gasteiger partial charge in [-0.05, 0) is 79.7 Å². The summed E-state index contributed by atoms with van der Waals surface area (Å²) in [5, 5.41) is 2.03. The summed E-state index contributed by atoms with van der Waals surface area (Å²) >= 11 is 1.65. The van der Waals surface area contributed by atoms with Gasteiger partial charge in [-0.2, -0.15) is 0 Å². The first-order valence-electron chi connectivity index (χ1n) is 13.2. The highest BCUT2D eigenvalue weighted by Crippen LogP contribution is 2.37. The number of thioether (sulfide) groups is 1. The van der Waals surface area contributed by atoms with Crippen molar-refractivity contribution in [3.8, 4) is 17.2 Å². The highest BCUT2D eigenvalue weighted by atomic mass is 32.2. The lowest BCUT2D eigenvalue weighted by molar-refractivity contribution is -0.146. The molecule has 0 aliphatic carbocycles. The first kappa shape index (κ1) is 29.3. The summed E-state index contributed by atoms with van der Waals surface area (Å²) in [5.41, 5.74) is 5.10. The van der Waals surface area contributed by atoms with Crippen LogP contribution in [0.1, 0.15) is 60.8 Å². The number of esters is 1. The molecule has 1 heterocycles. The highest BCUT2D eigenvalue weighted by molar-refractivity contribution is 8.01. The molecule has 3 aromatic rings. The van der Waals surface area contributed by atoms with Crippen molar-refractivity contribution in [1.82, 2.24) is 4.98 Å². The fourth-order valence-corrected chi connectivity index (χ4v) is 5.01. The standard InChI is InChI=1S/C32H39NO4S/c1-7-26(27(8-2)32(34)35-5)28-21-25(16-12-13-19-38-6)30(20-22(28)3)36-18-17-29-23(4)37-31(33-29)24-14-10-9-11-15-24/h9-16,19-21,26-27H,7-8,17-18H2,1-6H3/b16-12+,19-13-. The maximum absolute atomic E-state index is 12.5. The summed E-state index contributed by atoms with van der Waals surface area (Å²) in [6.45, 7) is 8.67. The van der Waals surface area contributed by atoms with E-state index in [4.69, 9.17) is 18.9 Å². The Morgan fingerprint density at radius 2 is 1.87 bits per heavy atom. The molecule has 3 rings (SSSR count). The monoisotopic (exact) mass is 533 g/mol. The van der Waals surface area contributed by atoms with Crippen LogP contribution in [0.4, 0.5) is 0 Å². The molecule has 0 aliphatic heterocycles. The second kappa shape index (κ2) is 14.6. The highest BCUT2D eigenvalue weighted by Gasteiger charge is 2.29. The van der Waals surface area contributed by atoms with Gasteiger partial charge in [-0.3, -0.25) is 4.79 Å². The van der Waals surface area contributed by atoms with E-state index in [0.717, 1.165) is 52.3 Å². The van der Waals surface area contributed by atoms with Crippen LogP contribution in [0.15, 0.2) is 64.4 Å². The molecular weight excluding hydrogens is 494 g/mol. The number of oxazole rings is 1. The molecule has 0 saturated heterocycles. The van der Waals surface area contributed by atoms with Gasteiger partial charge in [0.15, 0.2) is 0 Å². The summed E-state index contributed by atoms with van der Waals surface area (Å²) in [6.07, 6.45) is 10.3. The van der Waals surface area contributed by atoms with Crippen LogP contribution in [0.3, 0.4) is 0 Å². The Morgan fingerprint density at radius 1 is 1.11 bits per heavy atom. The van der Waals surface area contributed by atoms with Gasteiger partial charge in [-0.1, -0.05) is 50.3 Å². The molecule has 2 unspecified atom stereocenters. The minimum atomic E-state index is -0.183. The van der Waals surface area contributed by atoms with E-state index < -0.39 is 0 Å². The molecule has 0 bridgehead atoms. The van der Waals surface area contributed by atoms with E-state index in [1.165, 1.54) is 7.11 Å². The summed E-state index contributed by atoms with van der Waals surface area (Å²) in [5.74, 6) is 1.98. The Labute approximate surface area is 231 Å². The minimum absolute atomic E-state index is 0.0737. The van der Waals surface area contributed by atoms with Crippen LogP contribution in [0.2, 0.25) is 0 Å². The average molecular weight is 534 g/mol. The smallest absolute Gasteiger partial charge is 0.309 e. The van der Waals surface area contributed by atoms with Crippen molar-refractivity contribution >= 4 is 23.8 Å². The van der Waals surface area contributed by atoms with Crippen molar-refractivity contribution < 1.29 is 18.7 Å². The van der Waals surface area contributed by atoms with Gasteiger partial charge in [-0.15, -0.1) is 11.8 Å². The van der Waals surface area contributed by atoms with Gasteiger partial charge >= 0.3 is 5.97 Å². The molecule has 202 valence electrons. The maximum Gasteiger partial charge on any atom is 0.309 e. The van der Waals surface area contributed by atoms with E-state index in [9.17, 15) is 4.79 Å². The van der Waals surface area contributed by atoms with Crippen LogP contribution in [-0.4, -0.2) is 30.9 Å². The van der Waals surface area contributed by atoms with Crippen molar-refractivity contribution in [2.24, 2.45) is 5.92 Å². The number of carbonyl (C=O) groups excluding carboxylic acids is 1. The van der Waals surface area contributed by atoms with Crippen molar-refractivity contribution in [2.75, 3.05) is 20.0 Å². The number of carbonyl (C=O) groups is 1. The van der Waals surface area contributed by atoms with Crippen LogP contribution in [-0.2, 0) is 16.0 Å². The molecule has 2 atom stereocenters. The minimum Gasteiger partial charge on any atom is -0.493 e. The average Bonchev–Trinajstić information content (AvgIpc) is 3.31. The second-order valence-corrected chi connectivity index (χ2v) is 9.95. The molecular formula is C32H39NO4S. The largest absolute Gasteiger partial charge is 0.493 e. The van der Waals surface area contributed by atoms with Crippen molar-refractivity contribution in [2.45, 2.75) is 52.9 Å².